The number of hydrogen-bond donors (Lipinski definition) is 0. The van der Waals surface area contributed by atoms with Crippen LogP contribution in [0.5, 0.6) is 5.75 Å². The zero-order valence-electron chi connectivity index (χ0n) is 14.4. The molecule has 4 heteroatoms. The summed E-state index contributed by atoms with van der Waals surface area (Å²) in [5.41, 5.74) is 3.30. The summed E-state index contributed by atoms with van der Waals surface area (Å²) in [6, 6.07) is 20.9. The molecule has 0 heterocycles. The normalized spacial score (nSPS) is 10.8. The summed E-state index contributed by atoms with van der Waals surface area (Å²) in [6.07, 6.45) is 1.76. The fraction of sp³-hybridized carbons (Fsp3) is 0.0909. The van der Waals surface area contributed by atoms with E-state index in [1.807, 2.05) is 36.4 Å². The van der Waals surface area contributed by atoms with Crippen LogP contribution in [0.4, 0.5) is 10.1 Å². The fourth-order valence-corrected chi connectivity index (χ4v) is 2.33. The number of carbonyl (C=O) groups excluding carboxylic acids is 1. The fourth-order valence-electron chi connectivity index (χ4n) is 2.33. The predicted molar refractivity (Wildman–Crippen MR) is 101 cm³/mol. The minimum atomic E-state index is -0.256. The van der Waals surface area contributed by atoms with E-state index in [2.05, 4.69) is 4.99 Å². The number of rotatable bonds is 6. The Hall–Kier alpha value is -3.27. The van der Waals surface area contributed by atoms with Gasteiger partial charge in [-0.15, -0.1) is 0 Å². The number of aliphatic imine (C=N–C) groups is 1. The van der Waals surface area contributed by atoms with Crippen molar-refractivity contribution < 1.29 is 13.9 Å². The Morgan fingerprint density at radius 1 is 0.962 bits per heavy atom. The van der Waals surface area contributed by atoms with E-state index in [1.165, 1.54) is 19.1 Å². The molecule has 0 unspecified atom stereocenters. The maximum Gasteiger partial charge on any atom is 0.159 e. The molecule has 0 aliphatic rings. The lowest BCUT2D eigenvalue weighted by Crippen LogP contribution is -1.95. The SMILES string of the molecule is CC(=O)c1ccc(N=Cc2ccc(OCc3ccc(F)cc3)cc2)cc1. The number of nitrogens with zero attached hydrogens (tertiary/aromatic N) is 1. The first-order chi connectivity index (χ1) is 12.6. The van der Waals surface area contributed by atoms with Gasteiger partial charge in [-0.25, -0.2) is 4.39 Å². The highest BCUT2D eigenvalue weighted by atomic mass is 19.1. The molecule has 26 heavy (non-hydrogen) atoms. The largest absolute Gasteiger partial charge is 0.489 e. The third kappa shape index (κ3) is 4.86. The molecule has 0 radical (unpaired) electrons. The molecule has 0 aliphatic heterocycles. The Morgan fingerprint density at radius 2 is 1.62 bits per heavy atom. The van der Waals surface area contributed by atoms with Crippen LogP contribution in [-0.4, -0.2) is 12.0 Å². The minimum Gasteiger partial charge on any atom is -0.489 e. The number of ketones is 1. The standard InChI is InChI=1S/C22H18FNO2/c1-16(25)19-6-10-21(11-7-19)24-14-17-4-12-22(13-5-17)26-15-18-2-8-20(23)9-3-18/h2-14H,15H2,1H3. The first-order valence-electron chi connectivity index (χ1n) is 8.22. The lowest BCUT2D eigenvalue weighted by atomic mass is 10.1. The summed E-state index contributed by atoms with van der Waals surface area (Å²) in [5.74, 6) is 0.516. The van der Waals surface area contributed by atoms with Crippen LogP contribution in [0.2, 0.25) is 0 Å². The molecule has 0 atom stereocenters. The van der Waals surface area contributed by atoms with E-state index < -0.39 is 0 Å². The van der Waals surface area contributed by atoms with Gasteiger partial charge in [-0.05, 0) is 78.7 Å². The number of benzene rings is 3. The lowest BCUT2D eigenvalue weighted by molar-refractivity contribution is 0.101. The molecular formula is C22H18FNO2. The zero-order chi connectivity index (χ0) is 18.4. The highest BCUT2D eigenvalue weighted by molar-refractivity contribution is 5.94. The molecule has 3 aromatic carbocycles. The zero-order valence-corrected chi connectivity index (χ0v) is 14.4. The van der Waals surface area contributed by atoms with Crippen molar-refractivity contribution in [3.8, 4) is 5.75 Å². The van der Waals surface area contributed by atoms with Crippen LogP contribution < -0.4 is 4.74 Å². The van der Waals surface area contributed by atoms with Gasteiger partial charge >= 0.3 is 0 Å². The second-order valence-electron chi connectivity index (χ2n) is 5.85. The first kappa shape index (κ1) is 17.5. The van der Waals surface area contributed by atoms with Crippen molar-refractivity contribution in [1.82, 2.24) is 0 Å². The van der Waals surface area contributed by atoms with Crippen LogP contribution >= 0.6 is 0 Å². The van der Waals surface area contributed by atoms with Crippen molar-refractivity contribution in [2.45, 2.75) is 13.5 Å². The monoisotopic (exact) mass is 347 g/mol. The third-order valence-corrected chi connectivity index (χ3v) is 3.84. The quantitative estimate of drug-likeness (QED) is 0.445. The molecule has 0 saturated carbocycles. The van der Waals surface area contributed by atoms with Crippen LogP contribution in [0.3, 0.4) is 0 Å². The molecule has 0 aromatic heterocycles. The lowest BCUT2D eigenvalue weighted by Gasteiger charge is -2.06. The smallest absolute Gasteiger partial charge is 0.159 e. The summed E-state index contributed by atoms with van der Waals surface area (Å²) in [4.78, 5) is 15.7. The summed E-state index contributed by atoms with van der Waals surface area (Å²) >= 11 is 0. The number of carbonyl (C=O) groups is 1. The van der Waals surface area contributed by atoms with E-state index in [1.54, 1.807) is 30.5 Å². The first-order valence-corrected chi connectivity index (χ1v) is 8.22. The van der Waals surface area contributed by atoms with Gasteiger partial charge in [-0.1, -0.05) is 12.1 Å². The Kier molecular flexibility index (Phi) is 5.54. The molecule has 0 saturated heterocycles. The molecule has 0 bridgehead atoms. The second-order valence-corrected chi connectivity index (χ2v) is 5.85. The van der Waals surface area contributed by atoms with Crippen molar-refractivity contribution in [1.29, 1.82) is 0 Å². The Bertz CT molecular complexity index is 898. The molecule has 0 aliphatic carbocycles. The van der Waals surface area contributed by atoms with Gasteiger partial charge < -0.3 is 4.74 Å². The van der Waals surface area contributed by atoms with E-state index in [4.69, 9.17) is 4.74 Å². The minimum absolute atomic E-state index is 0.0387. The maximum atomic E-state index is 12.9. The molecule has 0 fully saturated rings. The van der Waals surface area contributed by atoms with E-state index in [-0.39, 0.29) is 11.6 Å². The number of hydrogen-bond acceptors (Lipinski definition) is 3. The van der Waals surface area contributed by atoms with Crippen LogP contribution in [-0.2, 0) is 6.61 Å². The van der Waals surface area contributed by atoms with Crippen molar-refractivity contribution in [3.05, 3.63) is 95.3 Å². The van der Waals surface area contributed by atoms with E-state index in [9.17, 15) is 9.18 Å². The van der Waals surface area contributed by atoms with Crippen LogP contribution in [0.15, 0.2) is 77.8 Å². The summed E-state index contributed by atoms with van der Waals surface area (Å²) in [6.45, 7) is 1.92. The van der Waals surface area contributed by atoms with E-state index in [0.29, 0.717) is 12.2 Å². The van der Waals surface area contributed by atoms with Crippen LogP contribution in [0.1, 0.15) is 28.4 Å². The molecule has 3 rings (SSSR count). The third-order valence-electron chi connectivity index (χ3n) is 3.84. The van der Waals surface area contributed by atoms with Crippen LogP contribution in [0, 0.1) is 5.82 Å². The Morgan fingerprint density at radius 3 is 2.23 bits per heavy atom. The highest BCUT2D eigenvalue weighted by Crippen LogP contribution is 2.16. The molecule has 0 spiro atoms. The topological polar surface area (TPSA) is 38.7 Å². The van der Waals surface area contributed by atoms with Gasteiger partial charge in [-0.2, -0.15) is 0 Å². The van der Waals surface area contributed by atoms with Gasteiger partial charge in [0, 0.05) is 11.8 Å². The maximum absolute atomic E-state index is 12.9. The second kappa shape index (κ2) is 8.21. The predicted octanol–water partition coefficient (Wildman–Crippen LogP) is 5.36. The molecule has 3 nitrogen and oxygen atoms in total. The van der Waals surface area contributed by atoms with Crippen molar-refractivity contribution >= 4 is 17.7 Å². The van der Waals surface area contributed by atoms with Gasteiger partial charge in [0.25, 0.3) is 0 Å². The van der Waals surface area contributed by atoms with Gasteiger partial charge in [0.15, 0.2) is 5.78 Å². The Labute approximate surface area is 151 Å². The Balaban J connectivity index is 1.58. The van der Waals surface area contributed by atoms with Gasteiger partial charge in [0.1, 0.15) is 18.2 Å². The number of ether oxygens (including phenoxy) is 1. The van der Waals surface area contributed by atoms with Crippen molar-refractivity contribution in [3.63, 3.8) is 0 Å². The summed E-state index contributed by atoms with van der Waals surface area (Å²) in [5, 5.41) is 0. The van der Waals surface area contributed by atoms with Gasteiger partial charge in [0.05, 0.1) is 5.69 Å². The van der Waals surface area contributed by atoms with Gasteiger partial charge in [-0.3, -0.25) is 9.79 Å². The summed E-state index contributed by atoms with van der Waals surface area (Å²) < 4.78 is 18.6. The average molecular weight is 347 g/mol. The van der Waals surface area contributed by atoms with Crippen molar-refractivity contribution in [2.24, 2.45) is 4.99 Å². The van der Waals surface area contributed by atoms with Crippen molar-refractivity contribution in [2.75, 3.05) is 0 Å². The molecule has 3 aromatic rings. The number of Topliss-reactive ketones (excluding diaryl/α,β-unsaturated/α-hetero) is 1. The summed E-state index contributed by atoms with van der Waals surface area (Å²) in [7, 11) is 0. The van der Waals surface area contributed by atoms with E-state index in [0.717, 1.165) is 22.6 Å². The van der Waals surface area contributed by atoms with Crippen LogP contribution in [0.25, 0.3) is 0 Å². The molecular weight excluding hydrogens is 329 g/mol. The highest BCUT2D eigenvalue weighted by Gasteiger charge is 1.99. The van der Waals surface area contributed by atoms with Gasteiger partial charge in [0.2, 0.25) is 0 Å². The van der Waals surface area contributed by atoms with E-state index >= 15 is 0 Å². The number of halogens is 1. The molecule has 0 N–H and O–H groups in total. The molecule has 0 amide bonds. The molecule has 130 valence electrons. The average Bonchev–Trinajstić information content (AvgIpc) is 2.67.